The zero-order chi connectivity index (χ0) is 14.8. The van der Waals surface area contributed by atoms with Gasteiger partial charge in [-0.25, -0.2) is 4.98 Å². The third kappa shape index (κ3) is 3.35. The highest BCUT2D eigenvalue weighted by Crippen LogP contribution is 2.26. The Hall–Kier alpha value is -0.780. The molecule has 0 aromatic carbocycles. The number of aryl methyl sites for hydroxylation is 2. The second-order valence-corrected chi connectivity index (χ2v) is 7.56. The summed E-state index contributed by atoms with van der Waals surface area (Å²) in [6, 6.07) is 0.736. The Labute approximate surface area is 130 Å². The van der Waals surface area contributed by atoms with Gasteiger partial charge in [-0.15, -0.1) is 11.3 Å². The van der Waals surface area contributed by atoms with Crippen molar-refractivity contribution < 1.29 is 4.79 Å². The Balaban J connectivity index is 1.65. The number of carbonyl (C=O) groups excluding carboxylic acids is 1. The number of thiazole rings is 1. The van der Waals surface area contributed by atoms with E-state index in [-0.39, 0.29) is 6.04 Å². The average Bonchev–Trinajstić information content (AvgIpc) is 3.07. The maximum absolute atomic E-state index is 12.7. The van der Waals surface area contributed by atoms with Crippen molar-refractivity contribution in [2.45, 2.75) is 58.0 Å². The van der Waals surface area contributed by atoms with Crippen LogP contribution in [0.4, 0.5) is 0 Å². The van der Waals surface area contributed by atoms with Crippen molar-refractivity contribution in [3.8, 4) is 0 Å². The lowest BCUT2D eigenvalue weighted by Gasteiger charge is -2.35. The van der Waals surface area contributed by atoms with Crippen LogP contribution in [0.2, 0.25) is 0 Å². The molecular weight excluding hydrogens is 282 g/mol. The fraction of sp³-hybridized carbons (Fsp3) is 0.750. The largest absolute Gasteiger partial charge is 0.317 e. The van der Waals surface area contributed by atoms with Gasteiger partial charge in [0.1, 0.15) is 5.01 Å². The standard InChI is InChI=1S/C16H25N3OS/c1-11-12(2)21-16(18-11)10-15(20)14-4-3-9-19(14)13-5-7-17-8-6-13/h13-14,17H,3-10H2,1-2H3. The van der Waals surface area contributed by atoms with Crippen molar-refractivity contribution in [1.82, 2.24) is 15.2 Å². The van der Waals surface area contributed by atoms with Gasteiger partial charge in [-0.2, -0.15) is 0 Å². The minimum Gasteiger partial charge on any atom is -0.317 e. The topological polar surface area (TPSA) is 45.2 Å². The summed E-state index contributed by atoms with van der Waals surface area (Å²) in [5.74, 6) is 0.375. The van der Waals surface area contributed by atoms with Gasteiger partial charge in [-0.3, -0.25) is 9.69 Å². The molecule has 3 rings (SSSR count). The number of nitrogens with one attached hydrogen (secondary N) is 1. The van der Waals surface area contributed by atoms with Gasteiger partial charge < -0.3 is 5.32 Å². The van der Waals surface area contributed by atoms with Crippen LogP contribution in [-0.2, 0) is 11.2 Å². The van der Waals surface area contributed by atoms with Crippen LogP contribution in [0, 0.1) is 13.8 Å². The molecule has 1 unspecified atom stereocenters. The maximum Gasteiger partial charge on any atom is 0.156 e. The molecule has 0 amide bonds. The smallest absolute Gasteiger partial charge is 0.156 e. The zero-order valence-corrected chi connectivity index (χ0v) is 13.8. The van der Waals surface area contributed by atoms with E-state index in [0.29, 0.717) is 18.2 Å². The molecule has 1 atom stereocenters. The van der Waals surface area contributed by atoms with Crippen LogP contribution in [0.1, 0.15) is 41.3 Å². The SMILES string of the molecule is Cc1nc(CC(=O)C2CCCN2C2CCNCC2)sc1C. The van der Waals surface area contributed by atoms with Gasteiger partial charge in [0.15, 0.2) is 5.78 Å². The fourth-order valence-electron chi connectivity index (χ4n) is 3.59. The first-order valence-electron chi connectivity index (χ1n) is 8.07. The van der Waals surface area contributed by atoms with Crippen molar-refractivity contribution in [1.29, 1.82) is 0 Å². The number of likely N-dealkylation sites (tertiary alicyclic amines) is 1. The minimum absolute atomic E-state index is 0.137. The predicted octanol–water partition coefficient (Wildman–Crippen LogP) is 2.09. The van der Waals surface area contributed by atoms with E-state index in [0.717, 1.165) is 43.2 Å². The molecule has 3 heterocycles. The van der Waals surface area contributed by atoms with Crippen LogP contribution in [0.25, 0.3) is 0 Å². The molecule has 21 heavy (non-hydrogen) atoms. The van der Waals surface area contributed by atoms with E-state index in [1.165, 1.54) is 17.7 Å². The molecule has 1 aromatic heterocycles. The van der Waals surface area contributed by atoms with Crippen molar-refractivity contribution in [2.75, 3.05) is 19.6 Å². The van der Waals surface area contributed by atoms with Gasteiger partial charge in [0.05, 0.1) is 18.2 Å². The summed E-state index contributed by atoms with van der Waals surface area (Å²) in [7, 11) is 0. The molecule has 2 aliphatic heterocycles. The van der Waals surface area contributed by atoms with Crippen LogP contribution < -0.4 is 5.32 Å². The fourth-order valence-corrected chi connectivity index (χ4v) is 4.54. The lowest BCUT2D eigenvalue weighted by atomic mass is 10.0. The monoisotopic (exact) mass is 307 g/mol. The molecule has 2 fully saturated rings. The number of carbonyl (C=O) groups is 1. The summed E-state index contributed by atoms with van der Waals surface area (Å²) in [5.41, 5.74) is 1.07. The number of piperidine rings is 1. The van der Waals surface area contributed by atoms with Crippen molar-refractivity contribution in [2.24, 2.45) is 0 Å². The van der Waals surface area contributed by atoms with Gasteiger partial charge >= 0.3 is 0 Å². The van der Waals surface area contributed by atoms with Gasteiger partial charge in [-0.05, 0) is 59.2 Å². The number of hydrogen-bond acceptors (Lipinski definition) is 5. The van der Waals surface area contributed by atoms with E-state index < -0.39 is 0 Å². The van der Waals surface area contributed by atoms with Gasteiger partial charge in [0.25, 0.3) is 0 Å². The third-order valence-electron chi connectivity index (χ3n) is 4.84. The lowest BCUT2D eigenvalue weighted by molar-refractivity contribution is -0.123. The molecule has 0 radical (unpaired) electrons. The minimum atomic E-state index is 0.137. The third-order valence-corrected chi connectivity index (χ3v) is 5.91. The van der Waals surface area contributed by atoms with E-state index >= 15 is 0 Å². The van der Waals surface area contributed by atoms with Crippen molar-refractivity contribution >= 4 is 17.1 Å². The van der Waals surface area contributed by atoms with E-state index in [1.807, 2.05) is 6.92 Å². The van der Waals surface area contributed by atoms with Gasteiger partial charge in [0, 0.05) is 10.9 Å². The summed E-state index contributed by atoms with van der Waals surface area (Å²) in [6.45, 7) is 7.38. The van der Waals surface area contributed by atoms with Crippen molar-refractivity contribution in [3.05, 3.63) is 15.6 Å². The Morgan fingerprint density at radius 1 is 1.33 bits per heavy atom. The molecule has 1 aromatic rings. The normalized spacial score (nSPS) is 24.6. The Morgan fingerprint density at radius 3 is 2.76 bits per heavy atom. The van der Waals surface area contributed by atoms with Crippen LogP contribution >= 0.6 is 11.3 Å². The van der Waals surface area contributed by atoms with Crippen LogP contribution in [-0.4, -0.2) is 47.4 Å². The molecular formula is C16H25N3OS. The molecule has 0 aliphatic carbocycles. The summed E-state index contributed by atoms with van der Waals surface area (Å²) in [5, 5.41) is 4.40. The van der Waals surface area contributed by atoms with E-state index in [2.05, 4.69) is 22.1 Å². The molecule has 0 bridgehead atoms. The number of ketones is 1. The molecule has 1 N–H and O–H groups in total. The van der Waals surface area contributed by atoms with Gasteiger partial charge in [0.2, 0.25) is 0 Å². The quantitative estimate of drug-likeness (QED) is 0.925. The summed E-state index contributed by atoms with van der Waals surface area (Å²) in [6.07, 6.45) is 5.08. The first kappa shape index (κ1) is 15.1. The maximum atomic E-state index is 12.7. The zero-order valence-electron chi connectivity index (χ0n) is 13.0. The van der Waals surface area contributed by atoms with Crippen molar-refractivity contribution in [3.63, 3.8) is 0 Å². The van der Waals surface area contributed by atoms with E-state index in [1.54, 1.807) is 11.3 Å². The summed E-state index contributed by atoms with van der Waals surface area (Å²) >= 11 is 1.68. The predicted molar refractivity (Wildman–Crippen MR) is 85.9 cm³/mol. The molecule has 4 nitrogen and oxygen atoms in total. The van der Waals surface area contributed by atoms with Crippen LogP contribution in [0.3, 0.4) is 0 Å². The number of rotatable bonds is 4. The molecule has 0 saturated carbocycles. The Bertz CT molecular complexity index is 488. The highest BCUT2D eigenvalue weighted by Gasteiger charge is 2.35. The average molecular weight is 307 g/mol. The first-order chi connectivity index (χ1) is 10.1. The number of nitrogens with zero attached hydrogens (tertiary/aromatic N) is 2. The highest BCUT2D eigenvalue weighted by molar-refractivity contribution is 7.11. The molecule has 2 aliphatic rings. The summed E-state index contributed by atoms with van der Waals surface area (Å²) < 4.78 is 0. The lowest BCUT2D eigenvalue weighted by Crippen LogP contribution is -2.48. The number of aromatic nitrogens is 1. The second-order valence-electron chi connectivity index (χ2n) is 6.27. The van der Waals surface area contributed by atoms with Gasteiger partial charge in [-0.1, -0.05) is 0 Å². The number of hydrogen-bond donors (Lipinski definition) is 1. The van der Waals surface area contributed by atoms with Crippen LogP contribution in [0.15, 0.2) is 0 Å². The number of Topliss-reactive ketones (excluding diaryl/α,β-unsaturated/α-hetero) is 1. The molecule has 116 valence electrons. The molecule has 0 spiro atoms. The van der Waals surface area contributed by atoms with E-state index in [9.17, 15) is 4.79 Å². The highest BCUT2D eigenvalue weighted by atomic mass is 32.1. The molecule has 5 heteroatoms. The van der Waals surface area contributed by atoms with Crippen LogP contribution in [0.5, 0.6) is 0 Å². The van der Waals surface area contributed by atoms with E-state index in [4.69, 9.17) is 0 Å². The first-order valence-corrected chi connectivity index (χ1v) is 8.89. The Morgan fingerprint density at radius 2 is 2.10 bits per heavy atom. The second kappa shape index (κ2) is 6.55. The Kier molecular flexibility index (Phi) is 4.72. The molecule has 2 saturated heterocycles. The summed E-state index contributed by atoms with van der Waals surface area (Å²) in [4.78, 5) is 20.9.